The molecule has 0 saturated carbocycles. The molecular weight excluding hydrogens is 365 g/mol. The van der Waals surface area contributed by atoms with Gasteiger partial charge in [-0.2, -0.15) is 0 Å². The highest BCUT2D eigenvalue weighted by Gasteiger charge is 2.09. The van der Waals surface area contributed by atoms with Gasteiger partial charge in [-0.05, 0) is 68.6 Å². The summed E-state index contributed by atoms with van der Waals surface area (Å²) in [6.07, 6.45) is 0. The fourth-order valence-electron chi connectivity index (χ4n) is 1.42. The number of hydrogen-bond acceptors (Lipinski definition) is 2. The molecule has 0 aliphatic heterocycles. The van der Waals surface area contributed by atoms with E-state index < -0.39 is 0 Å². The fourth-order valence-corrected chi connectivity index (χ4v) is 2.19. The Kier molecular flexibility index (Phi) is 3.92. The van der Waals surface area contributed by atoms with Crippen molar-refractivity contribution in [3.05, 3.63) is 50.7 Å². The quantitative estimate of drug-likeness (QED) is 0.748. The number of halogens is 3. The summed E-state index contributed by atoms with van der Waals surface area (Å²) in [5.41, 5.74) is 7.36. The lowest BCUT2D eigenvalue weighted by atomic mass is 10.2. The summed E-state index contributed by atoms with van der Waals surface area (Å²) in [5.74, 6) is 0.657. The van der Waals surface area contributed by atoms with E-state index in [1.807, 2.05) is 6.92 Å². The van der Waals surface area contributed by atoms with Crippen LogP contribution in [0.2, 0.25) is 0 Å². The fraction of sp³-hybridized carbons (Fsp3) is 0.0769. The molecule has 18 heavy (non-hydrogen) atoms. The summed E-state index contributed by atoms with van der Waals surface area (Å²) < 4.78 is 20.2. The van der Waals surface area contributed by atoms with E-state index >= 15 is 0 Å². The first kappa shape index (κ1) is 13.4. The van der Waals surface area contributed by atoms with E-state index in [9.17, 15) is 4.39 Å². The van der Waals surface area contributed by atoms with E-state index in [4.69, 9.17) is 10.5 Å². The number of benzene rings is 2. The van der Waals surface area contributed by atoms with E-state index in [0.29, 0.717) is 21.7 Å². The Morgan fingerprint density at radius 3 is 2.44 bits per heavy atom. The summed E-state index contributed by atoms with van der Waals surface area (Å²) in [6, 6.07) is 7.85. The number of nitrogen functional groups attached to an aromatic ring is 1. The highest BCUT2D eigenvalue weighted by molar-refractivity contribution is 9.11. The Bertz CT molecular complexity index is 602. The van der Waals surface area contributed by atoms with E-state index in [2.05, 4.69) is 31.9 Å². The summed E-state index contributed by atoms with van der Waals surface area (Å²) in [6.45, 7) is 1.88. The molecule has 0 amide bonds. The van der Waals surface area contributed by atoms with Crippen LogP contribution in [0.15, 0.2) is 39.3 Å². The summed E-state index contributed by atoms with van der Waals surface area (Å²) in [4.78, 5) is 0. The van der Waals surface area contributed by atoms with Crippen LogP contribution in [0.5, 0.6) is 11.5 Å². The first-order valence-electron chi connectivity index (χ1n) is 5.16. The van der Waals surface area contributed by atoms with Gasteiger partial charge in [0.1, 0.15) is 17.3 Å². The van der Waals surface area contributed by atoms with Gasteiger partial charge in [-0.1, -0.05) is 0 Å². The molecule has 94 valence electrons. The Balaban J connectivity index is 2.40. The molecule has 5 heteroatoms. The Hall–Kier alpha value is -1.07. The van der Waals surface area contributed by atoms with Crippen molar-refractivity contribution in [3.63, 3.8) is 0 Å². The summed E-state index contributed by atoms with van der Waals surface area (Å²) in [7, 11) is 0. The molecule has 0 aliphatic carbocycles. The SMILES string of the molecule is Cc1cc(Oc2cc(F)ccc2Br)c(Br)cc1N. The van der Waals surface area contributed by atoms with Crippen LogP contribution in [0, 0.1) is 12.7 Å². The van der Waals surface area contributed by atoms with Gasteiger partial charge in [-0.15, -0.1) is 0 Å². The van der Waals surface area contributed by atoms with E-state index in [1.165, 1.54) is 12.1 Å². The third kappa shape index (κ3) is 2.84. The lowest BCUT2D eigenvalue weighted by molar-refractivity contribution is 0.470. The minimum absolute atomic E-state index is 0.350. The van der Waals surface area contributed by atoms with E-state index in [1.54, 1.807) is 18.2 Å². The average Bonchev–Trinajstić information content (AvgIpc) is 2.30. The van der Waals surface area contributed by atoms with Crippen molar-refractivity contribution in [2.45, 2.75) is 6.92 Å². The molecule has 0 unspecified atom stereocenters. The second kappa shape index (κ2) is 5.28. The monoisotopic (exact) mass is 373 g/mol. The number of ether oxygens (including phenoxy) is 1. The van der Waals surface area contributed by atoms with Crippen LogP contribution in [0.1, 0.15) is 5.56 Å². The molecule has 2 rings (SSSR count). The normalized spacial score (nSPS) is 10.4. The van der Waals surface area contributed by atoms with Gasteiger partial charge in [0.15, 0.2) is 0 Å². The van der Waals surface area contributed by atoms with Gasteiger partial charge in [-0.25, -0.2) is 4.39 Å². The van der Waals surface area contributed by atoms with Gasteiger partial charge >= 0.3 is 0 Å². The van der Waals surface area contributed by atoms with Gasteiger partial charge in [-0.3, -0.25) is 0 Å². The Morgan fingerprint density at radius 2 is 1.72 bits per heavy atom. The molecule has 0 aliphatic rings. The molecule has 2 N–H and O–H groups in total. The maximum atomic E-state index is 13.2. The topological polar surface area (TPSA) is 35.2 Å². The van der Waals surface area contributed by atoms with Crippen molar-refractivity contribution in [2.75, 3.05) is 5.73 Å². The van der Waals surface area contributed by atoms with Crippen molar-refractivity contribution >= 4 is 37.5 Å². The van der Waals surface area contributed by atoms with Crippen LogP contribution in [0.4, 0.5) is 10.1 Å². The van der Waals surface area contributed by atoms with Gasteiger partial charge in [0.2, 0.25) is 0 Å². The predicted octanol–water partition coefficient (Wildman–Crippen LogP) is 5.03. The molecular formula is C13H10Br2FNO. The lowest BCUT2D eigenvalue weighted by Crippen LogP contribution is -1.93. The largest absolute Gasteiger partial charge is 0.455 e. The smallest absolute Gasteiger partial charge is 0.144 e. The molecule has 0 spiro atoms. The third-order valence-corrected chi connectivity index (χ3v) is 3.71. The molecule has 2 aromatic carbocycles. The van der Waals surface area contributed by atoms with Gasteiger partial charge in [0.05, 0.1) is 8.95 Å². The second-order valence-electron chi connectivity index (χ2n) is 3.82. The first-order chi connectivity index (χ1) is 8.47. The van der Waals surface area contributed by atoms with E-state index in [0.717, 1.165) is 10.0 Å². The van der Waals surface area contributed by atoms with Crippen molar-refractivity contribution in [1.29, 1.82) is 0 Å². The van der Waals surface area contributed by atoms with Crippen LogP contribution in [-0.4, -0.2) is 0 Å². The van der Waals surface area contributed by atoms with Crippen molar-refractivity contribution in [2.24, 2.45) is 0 Å². The molecule has 0 atom stereocenters. The van der Waals surface area contributed by atoms with Crippen LogP contribution in [-0.2, 0) is 0 Å². The molecule has 0 radical (unpaired) electrons. The standard InChI is InChI=1S/C13H10Br2FNO/c1-7-4-12(10(15)6-11(7)17)18-13-5-8(16)2-3-9(13)14/h2-6H,17H2,1H3. The lowest BCUT2D eigenvalue weighted by Gasteiger charge is -2.11. The predicted molar refractivity (Wildman–Crippen MR) is 77.5 cm³/mol. The summed E-state index contributed by atoms with van der Waals surface area (Å²) in [5, 5.41) is 0. The maximum Gasteiger partial charge on any atom is 0.144 e. The number of aryl methyl sites for hydroxylation is 1. The molecule has 0 heterocycles. The third-order valence-electron chi connectivity index (χ3n) is 2.43. The van der Waals surface area contributed by atoms with Crippen LogP contribution in [0.3, 0.4) is 0 Å². The van der Waals surface area contributed by atoms with Crippen LogP contribution < -0.4 is 10.5 Å². The van der Waals surface area contributed by atoms with Gasteiger partial charge < -0.3 is 10.5 Å². The highest BCUT2D eigenvalue weighted by Crippen LogP contribution is 2.36. The molecule has 2 nitrogen and oxygen atoms in total. The number of hydrogen-bond donors (Lipinski definition) is 1. The Labute approximate surface area is 121 Å². The maximum absolute atomic E-state index is 13.2. The second-order valence-corrected chi connectivity index (χ2v) is 5.52. The molecule has 0 bridgehead atoms. The van der Waals surface area contributed by atoms with Crippen molar-refractivity contribution in [3.8, 4) is 11.5 Å². The highest BCUT2D eigenvalue weighted by atomic mass is 79.9. The minimum Gasteiger partial charge on any atom is -0.455 e. The minimum atomic E-state index is -0.350. The Morgan fingerprint density at radius 1 is 1.06 bits per heavy atom. The zero-order valence-electron chi connectivity index (χ0n) is 9.51. The average molecular weight is 375 g/mol. The van der Waals surface area contributed by atoms with Crippen LogP contribution in [0.25, 0.3) is 0 Å². The zero-order valence-corrected chi connectivity index (χ0v) is 12.7. The molecule has 0 fully saturated rings. The van der Waals surface area contributed by atoms with Crippen molar-refractivity contribution < 1.29 is 9.13 Å². The number of rotatable bonds is 2. The van der Waals surface area contributed by atoms with Crippen LogP contribution >= 0.6 is 31.9 Å². The number of nitrogens with two attached hydrogens (primary N) is 1. The molecule has 2 aromatic rings. The number of anilines is 1. The van der Waals surface area contributed by atoms with E-state index in [-0.39, 0.29) is 5.82 Å². The first-order valence-corrected chi connectivity index (χ1v) is 6.74. The molecule has 0 aromatic heterocycles. The van der Waals surface area contributed by atoms with Gasteiger partial charge in [0.25, 0.3) is 0 Å². The zero-order chi connectivity index (χ0) is 13.3. The van der Waals surface area contributed by atoms with Gasteiger partial charge in [0, 0.05) is 11.8 Å². The van der Waals surface area contributed by atoms with Crippen molar-refractivity contribution in [1.82, 2.24) is 0 Å². The molecule has 0 saturated heterocycles. The summed E-state index contributed by atoms with van der Waals surface area (Å²) >= 11 is 6.68.